The van der Waals surface area contributed by atoms with E-state index in [1.54, 1.807) is 88.4 Å². The average molecular weight is 1560 g/mol. The van der Waals surface area contributed by atoms with Crippen molar-refractivity contribution in [3.05, 3.63) is 114 Å². The minimum atomic E-state index is -5.45. The molecule has 7 rings (SSSR count). The van der Waals surface area contributed by atoms with Crippen molar-refractivity contribution in [3.8, 4) is 5.75 Å². The summed E-state index contributed by atoms with van der Waals surface area (Å²) < 4.78 is 52.4. The van der Waals surface area contributed by atoms with Gasteiger partial charge >= 0.3 is 12.1 Å². The van der Waals surface area contributed by atoms with Crippen LogP contribution in [0.3, 0.4) is 0 Å². The van der Waals surface area contributed by atoms with Crippen LogP contribution in [0.1, 0.15) is 101 Å². The van der Waals surface area contributed by atoms with Crippen LogP contribution in [-0.4, -0.2) is 241 Å². The molecule has 3 saturated heterocycles. The van der Waals surface area contributed by atoms with Crippen molar-refractivity contribution >= 4 is 76.8 Å². The van der Waals surface area contributed by atoms with E-state index in [9.17, 15) is 76.7 Å². The van der Waals surface area contributed by atoms with Gasteiger partial charge in [0.1, 0.15) is 90.5 Å². The van der Waals surface area contributed by atoms with Crippen molar-refractivity contribution in [1.29, 1.82) is 0 Å². The number of fused-ring (bicyclic) bond motifs is 1. The molecular formula is C72H98F3N17O19. The molecule has 4 heterocycles. The van der Waals surface area contributed by atoms with Crippen molar-refractivity contribution in [1.82, 2.24) is 73.1 Å². The number of hydrogen-bond donors (Lipinski definition) is 17. The molecule has 3 aliphatic heterocycles. The number of phenols is 1. The summed E-state index contributed by atoms with van der Waals surface area (Å²) in [5, 5.41) is 74.5. The number of phenolic OH excluding ortho intramolecular Hbond substituents is 1. The quantitative estimate of drug-likeness (QED) is 0.0299. The normalized spacial score (nSPS) is 26.2. The van der Waals surface area contributed by atoms with Crippen LogP contribution in [0.2, 0.25) is 0 Å². The van der Waals surface area contributed by atoms with Gasteiger partial charge < -0.3 is 105 Å². The molecule has 0 radical (unpaired) electrons. The van der Waals surface area contributed by atoms with Gasteiger partial charge in [0.2, 0.25) is 70.9 Å². The first-order chi connectivity index (χ1) is 52.6. The Morgan fingerprint density at radius 2 is 1.12 bits per heavy atom. The SMILES string of the molecule is CC(C)C[C@@H]1NC(=O)[C@H](CCCN)NC(=O)[C@H](C(C)C)NC(=O)[C@H](Cc2ccc(O)cc2)NC(=O)[C@H](CCC(N)=O)NC(=O)[C@H](CC(N)=O)NC(=O)[C@@H](Cc2ccccc2)NC(=O)[C@H](Cc2cn(CCO[C@@H]3O[C@H](CO)[C@H](O)[C@H](O)[C@H]3NC(=O)C(F)(F)F)nn2)NC(=O)[C@@H]2CCCN2C(=O)[C@@H](Cc2ccccc2)NC1=O. The second-order valence-electron chi connectivity index (χ2n) is 28.1. The molecular weight excluding hydrogens is 1460 g/mol. The van der Waals surface area contributed by atoms with Gasteiger partial charge in [0.05, 0.1) is 31.9 Å². The summed E-state index contributed by atoms with van der Waals surface area (Å²) in [5.74, 6) is -15.9. The molecule has 0 saturated carbocycles. The number of carbonyl (C=O) groups is 13. The lowest BCUT2D eigenvalue weighted by atomic mass is 9.97. The van der Waals surface area contributed by atoms with Crippen LogP contribution >= 0.6 is 0 Å². The van der Waals surface area contributed by atoms with E-state index in [4.69, 9.17) is 26.7 Å². The Balaban J connectivity index is 1.31. The fraction of sp³-hybridized carbons (Fsp3) is 0.542. The zero-order chi connectivity index (χ0) is 81.4. The van der Waals surface area contributed by atoms with Gasteiger partial charge in [0.15, 0.2) is 6.29 Å². The Kier molecular flexibility index (Phi) is 32.6. The lowest BCUT2D eigenvalue weighted by Crippen LogP contribution is -2.65. The molecule has 3 aromatic carbocycles. The predicted octanol–water partition coefficient (Wildman–Crippen LogP) is -4.29. The molecule has 15 atom stereocenters. The monoisotopic (exact) mass is 1560 g/mol. The van der Waals surface area contributed by atoms with Crippen molar-refractivity contribution in [2.75, 3.05) is 26.3 Å². The number of nitrogens with two attached hydrogens (primary N) is 3. The zero-order valence-electron chi connectivity index (χ0n) is 61.6. The number of alkyl halides is 3. The Morgan fingerprint density at radius 3 is 1.68 bits per heavy atom. The second kappa shape index (κ2) is 41.3. The lowest BCUT2D eigenvalue weighted by Gasteiger charge is -2.42. The van der Waals surface area contributed by atoms with Gasteiger partial charge in [0.25, 0.3) is 0 Å². The van der Waals surface area contributed by atoms with Crippen LogP contribution in [-0.2, 0) is 104 Å². The van der Waals surface area contributed by atoms with Gasteiger partial charge in [-0.3, -0.25) is 62.3 Å². The lowest BCUT2D eigenvalue weighted by molar-refractivity contribution is -0.272. The molecule has 0 spiro atoms. The van der Waals surface area contributed by atoms with E-state index >= 15 is 19.2 Å². The van der Waals surface area contributed by atoms with Gasteiger partial charge in [-0.05, 0) is 85.7 Å². The molecule has 36 nitrogen and oxygen atoms in total. The van der Waals surface area contributed by atoms with Crippen molar-refractivity contribution in [2.24, 2.45) is 29.0 Å². The van der Waals surface area contributed by atoms with Crippen molar-refractivity contribution < 1.29 is 105 Å². The van der Waals surface area contributed by atoms with Gasteiger partial charge in [-0.25, -0.2) is 4.68 Å². The zero-order valence-corrected chi connectivity index (χ0v) is 61.6. The first kappa shape index (κ1) is 87.5. The molecule has 39 heteroatoms. The maximum absolute atomic E-state index is 15.3. The van der Waals surface area contributed by atoms with E-state index in [1.807, 2.05) is 0 Å². The van der Waals surface area contributed by atoms with Gasteiger partial charge in [-0.1, -0.05) is 106 Å². The average Bonchev–Trinajstić information content (AvgIpc) is 1.71. The van der Waals surface area contributed by atoms with Crippen molar-refractivity contribution in [2.45, 2.75) is 209 Å². The van der Waals surface area contributed by atoms with Gasteiger partial charge in [-0.15, -0.1) is 5.10 Å². The van der Waals surface area contributed by atoms with Gasteiger partial charge in [-0.2, -0.15) is 13.2 Å². The molecule has 0 bridgehead atoms. The van der Waals surface area contributed by atoms with Crippen LogP contribution in [0.25, 0.3) is 0 Å². The number of nitrogens with zero attached hydrogens (tertiary/aromatic N) is 4. The van der Waals surface area contributed by atoms with Crippen molar-refractivity contribution in [3.63, 3.8) is 0 Å². The molecule has 13 amide bonds. The highest BCUT2D eigenvalue weighted by molar-refractivity contribution is 6.01. The van der Waals surface area contributed by atoms with E-state index in [0.29, 0.717) is 16.7 Å². The number of aliphatic hydroxyl groups is 3. The smallest absolute Gasteiger partial charge is 0.471 e. The number of hydrogen-bond acceptors (Lipinski definition) is 22. The van der Waals surface area contributed by atoms with Crippen LogP contribution in [0.15, 0.2) is 91.1 Å². The first-order valence-corrected chi connectivity index (χ1v) is 36.3. The molecule has 0 aliphatic carbocycles. The predicted molar refractivity (Wildman–Crippen MR) is 384 cm³/mol. The third-order valence-corrected chi connectivity index (χ3v) is 18.6. The second-order valence-corrected chi connectivity index (χ2v) is 28.1. The molecule has 3 aliphatic rings. The number of aromatic hydroxyl groups is 1. The van der Waals surface area contributed by atoms with E-state index < -0.39 is 219 Å². The summed E-state index contributed by atoms with van der Waals surface area (Å²) >= 11 is 0. The number of aromatic nitrogens is 3. The summed E-state index contributed by atoms with van der Waals surface area (Å²) in [6, 6.07) is 3.70. The fourth-order valence-corrected chi connectivity index (χ4v) is 12.7. The number of aliphatic hydroxyl groups excluding tert-OH is 3. The minimum Gasteiger partial charge on any atom is -0.508 e. The molecule has 0 unspecified atom stereocenters. The number of nitrogens with one attached hydrogen (secondary N) is 10. The van der Waals surface area contributed by atoms with E-state index in [1.165, 1.54) is 40.7 Å². The summed E-state index contributed by atoms with van der Waals surface area (Å²) in [6.45, 7) is 4.82. The van der Waals surface area contributed by atoms with E-state index in [0.717, 1.165) is 4.68 Å². The maximum atomic E-state index is 15.3. The number of carbonyl (C=O) groups excluding carboxylic acids is 13. The summed E-state index contributed by atoms with van der Waals surface area (Å²) in [4.78, 5) is 188. The molecule has 20 N–H and O–H groups in total. The molecule has 1 aromatic heterocycles. The maximum Gasteiger partial charge on any atom is 0.471 e. The Morgan fingerprint density at radius 1 is 0.622 bits per heavy atom. The number of benzene rings is 3. The molecule has 606 valence electrons. The highest BCUT2D eigenvalue weighted by Crippen LogP contribution is 2.26. The molecule has 3 fully saturated rings. The topological polar surface area (TPSA) is 554 Å². The van der Waals surface area contributed by atoms with Crippen LogP contribution in [0.4, 0.5) is 13.2 Å². The van der Waals surface area contributed by atoms with E-state index in [2.05, 4.69) is 58.2 Å². The third-order valence-electron chi connectivity index (χ3n) is 18.6. The largest absolute Gasteiger partial charge is 0.508 e. The summed E-state index contributed by atoms with van der Waals surface area (Å²) in [6.07, 6.45) is -15.3. The molecule has 4 aromatic rings. The van der Waals surface area contributed by atoms with E-state index in [-0.39, 0.29) is 88.4 Å². The Bertz CT molecular complexity index is 3880. The minimum absolute atomic E-state index is 0.0222. The third kappa shape index (κ3) is 26.2. The standard InChI is InChI=1S/C72H98F3N17O19/c1-37(2)29-46-62(101)86-51(32-40-15-9-6-10-16-40)69(108)92-26-12-18-52(92)67(106)85-49(33-42-35-91(90-89-42)27-28-110-70-57(88-71(109)72(73,74)75)59(98)58(97)53(36-93)111-70)64(103)83-47(30-39-13-7-5-8-14-39)63(102)84-50(34-55(78)96)65(104)79-45(23-24-54(77)95)61(100)82-48(31-41-19-21-43(94)22-20-41)66(105)87-56(38(3)4)68(107)80-44(17-11-25-76)60(99)81-46/h5-10,13-16,19-22,35,37-38,44-53,56-59,70,93-94,97-98H,11-12,17-18,23-34,36,76H2,1-4H3,(H2,77,95)(H2,78,96)(H,79,104)(H,80,107)(H,81,99)(H,82,100)(H,83,103)(H,84,102)(H,85,106)(H,86,101)(H,87,105)(H,88,109)/t44-,45-,46-,47+,48-,49-,50-,51+,52-,53+,56-,57+,58-,59+,70+/m0/s1. The fourth-order valence-electron chi connectivity index (χ4n) is 12.7. The highest BCUT2D eigenvalue weighted by Gasteiger charge is 2.50. The first-order valence-electron chi connectivity index (χ1n) is 36.3. The Hall–Kier alpha value is -10.7. The Labute approximate surface area is 636 Å². The van der Waals surface area contributed by atoms with Crippen LogP contribution < -0.4 is 70.4 Å². The number of ether oxygens (including phenoxy) is 2. The molecule has 111 heavy (non-hydrogen) atoms. The highest BCUT2D eigenvalue weighted by atomic mass is 19.4. The number of amides is 13. The van der Waals surface area contributed by atoms with Crippen LogP contribution in [0.5, 0.6) is 5.75 Å². The van der Waals surface area contributed by atoms with Crippen LogP contribution in [0, 0.1) is 11.8 Å². The summed E-state index contributed by atoms with van der Waals surface area (Å²) in [7, 11) is 0. The number of primary amides is 2. The number of halogens is 3. The van der Waals surface area contributed by atoms with Gasteiger partial charge in [0, 0.05) is 44.8 Å². The summed E-state index contributed by atoms with van der Waals surface area (Å²) in [5.41, 5.74) is 18.4. The number of rotatable bonds is 25.